The third-order valence-corrected chi connectivity index (χ3v) is 4.82. The number of hydrogen-bond acceptors (Lipinski definition) is 3. The van der Waals surface area contributed by atoms with Crippen LogP contribution in [0.25, 0.3) is 0 Å². The van der Waals surface area contributed by atoms with Crippen molar-refractivity contribution in [2.24, 2.45) is 0 Å². The van der Waals surface area contributed by atoms with Crippen molar-refractivity contribution >= 4 is 23.5 Å². The number of carbonyl (C=O) groups excluding carboxylic acids is 2. The van der Waals surface area contributed by atoms with E-state index in [9.17, 15) is 9.59 Å². The smallest absolute Gasteiger partial charge is 0.325 e. The van der Waals surface area contributed by atoms with E-state index < -0.39 is 5.54 Å². The summed E-state index contributed by atoms with van der Waals surface area (Å²) < 4.78 is 5.59. The molecule has 0 atom stereocenters. The van der Waals surface area contributed by atoms with Crippen LogP contribution in [0, 0.1) is 0 Å². The van der Waals surface area contributed by atoms with Crippen LogP contribution < -0.4 is 10.1 Å². The molecule has 0 unspecified atom stereocenters. The first kappa shape index (κ1) is 16.1. The van der Waals surface area contributed by atoms with E-state index in [0.29, 0.717) is 10.8 Å². The van der Waals surface area contributed by atoms with Crippen LogP contribution in [0.4, 0.5) is 4.79 Å². The third-order valence-electron chi connectivity index (χ3n) is 4.58. The summed E-state index contributed by atoms with van der Waals surface area (Å²) in [6.45, 7) is 0.508. The number of nitrogens with zero attached hydrogens (tertiary/aromatic N) is 1. The zero-order valence-corrected chi connectivity index (χ0v) is 13.8. The lowest BCUT2D eigenvalue weighted by Crippen LogP contribution is -2.46. The lowest BCUT2D eigenvalue weighted by molar-refractivity contribution is -0.132. The fourth-order valence-electron chi connectivity index (χ4n) is 3.36. The van der Waals surface area contributed by atoms with E-state index in [0.717, 1.165) is 38.5 Å². The molecule has 1 saturated heterocycles. The van der Waals surface area contributed by atoms with Gasteiger partial charge in [0.05, 0.1) is 6.54 Å². The number of halogens is 1. The number of hydrogen-bond donors (Lipinski definition) is 1. The molecule has 1 saturated carbocycles. The van der Waals surface area contributed by atoms with Gasteiger partial charge in [0.2, 0.25) is 0 Å². The highest BCUT2D eigenvalue weighted by Gasteiger charge is 2.50. The SMILES string of the molecule is O=C1NC2(CCCCCC2)C(=O)N1CCOc1cccc(Cl)c1. The molecule has 1 spiro atoms. The van der Waals surface area contributed by atoms with Gasteiger partial charge in [-0.05, 0) is 31.0 Å². The number of ether oxygens (including phenoxy) is 1. The summed E-state index contributed by atoms with van der Waals surface area (Å²) in [4.78, 5) is 26.2. The van der Waals surface area contributed by atoms with Gasteiger partial charge < -0.3 is 10.1 Å². The van der Waals surface area contributed by atoms with Crippen molar-refractivity contribution in [3.8, 4) is 5.75 Å². The van der Waals surface area contributed by atoms with Crippen LogP contribution in [0.2, 0.25) is 5.02 Å². The monoisotopic (exact) mass is 336 g/mol. The second-order valence-electron chi connectivity index (χ2n) is 6.19. The van der Waals surface area contributed by atoms with Crippen molar-refractivity contribution in [2.45, 2.75) is 44.1 Å². The molecule has 23 heavy (non-hydrogen) atoms. The summed E-state index contributed by atoms with van der Waals surface area (Å²) >= 11 is 5.90. The number of imide groups is 1. The summed E-state index contributed by atoms with van der Waals surface area (Å²) in [5, 5.41) is 3.52. The quantitative estimate of drug-likeness (QED) is 0.858. The van der Waals surface area contributed by atoms with Crippen molar-refractivity contribution in [3.63, 3.8) is 0 Å². The maximum atomic E-state index is 12.7. The Kier molecular flexibility index (Phi) is 4.76. The average molecular weight is 337 g/mol. The summed E-state index contributed by atoms with van der Waals surface area (Å²) in [5.74, 6) is 0.535. The number of rotatable bonds is 4. The lowest BCUT2D eigenvalue weighted by atomic mass is 9.90. The molecule has 0 bridgehead atoms. The molecule has 3 amide bonds. The number of urea groups is 1. The number of benzene rings is 1. The van der Waals surface area contributed by atoms with Gasteiger partial charge in [-0.25, -0.2) is 4.79 Å². The zero-order chi connectivity index (χ0) is 16.3. The Morgan fingerprint density at radius 2 is 1.91 bits per heavy atom. The van der Waals surface area contributed by atoms with Crippen molar-refractivity contribution < 1.29 is 14.3 Å². The number of amides is 3. The van der Waals surface area contributed by atoms with E-state index in [1.165, 1.54) is 4.90 Å². The van der Waals surface area contributed by atoms with E-state index in [4.69, 9.17) is 16.3 Å². The van der Waals surface area contributed by atoms with Gasteiger partial charge in [0.15, 0.2) is 0 Å². The van der Waals surface area contributed by atoms with Crippen molar-refractivity contribution in [1.29, 1.82) is 0 Å². The molecule has 1 heterocycles. The van der Waals surface area contributed by atoms with Crippen LogP contribution in [0.1, 0.15) is 38.5 Å². The summed E-state index contributed by atoms with van der Waals surface area (Å²) in [7, 11) is 0. The maximum absolute atomic E-state index is 12.7. The van der Waals surface area contributed by atoms with Gasteiger partial charge in [-0.15, -0.1) is 0 Å². The Bertz CT molecular complexity index is 597. The largest absolute Gasteiger partial charge is 0.492 e. The molecule has 2 aliphatic rings. The first-order chi connectivity index (χ1) is 11.1. The Morgan fingerprint density at radius 3 is 2.61 bits per heavy atom. The van der Waals surface area contributed by atoms with Crippen LogP contribution in [0.5, 0.6) is 5.75 Å². The highest BCUT2D eigenvalue weighted by atomic mass is 35.5. The molecule has 1 aliphatic heterocycles. The van der Waals surface area contributed by atoms with Gasteiger partial charge in [-0.2, -0.15) is 0 Å². The van der Waals surface area contributed by atoms with E-state index in [2.05, 4.69) is 5.32 Å². The van der Waals surface area contributed by atoms with Gasteiger partial charge >= 0.3 is 6.03 Å². The predicted molar refractivity (Wildman–Crippen MR) is 87.6 cm³/mol. The minimum atomic E-state index is -0.677. The van der Waals surface area contributed by atoms with Gasteiger partial charge in [0.25, 0.3) is 5.91 Å². The van der Waals surface area contributed by atoms with Crippen molar-refractivity contribution in [1.82, 2.24) is 10.2 Å². The molecule has 0 radical (unpaired) electrons. The molecule has 1 aromatic carbocycles. The van der Waals surface area contributed by atoms with Gasteiger partial charge in [-0.1, -0.05) is 43.4 Å². The highest BCUT2D eigenvalue weighted by molar-refractivity contribution is 6.30. The average Bonchev–Trinajstić information content (AvgIpc) is 2.70. The minimum Gasteiger partial charge on any atom is -0.492 e. The first-order valence-corrected chi connectivity index (χ1v) is 8.51. The molecule has 1 aliphatic carbocycles. The van der Waals surface area contributed by atoms with Crippen molar-refractivity contribution in [3.05, 3.63) is 29.3 Å². The third kappa shape index (κ3) is 3.44. The lowest BCUT2D eigenvalue weighted by Gasteiger charge is -2.24. The molecule has 3 rings (SSSR count). The second-order valence-corrected chi connectivity index (χ2v) is 6.63. The fourth-order valence-corrected chi connectivity index (χ4v) is 3.54. The van der Waals surface area contributed by atoms with Crippen LogP contribution in [0.15, 0.2) is 24.3 Å². The maximum Gasteiger partial charge on any atom is 0.325 e. The molecule has 124 valence electrons. The number of nitrogens with one attached hydrogen (secondary N) is 1. The molecule has 5 nitrogen and oxygen atoms in total. The van der Waals surface area contributed by atoms with Crippen molar-refractivity contribution in [2.75, 3.05) is 13.2 Å². The molecule has 1 aromatic rings. The van der Waals surface area contributed by atoms with Gasteiger partial charge in [0.1, 0.15) is 17.9 Å². The van der Waals surface area contributed by atoms with E-state index >= 15 is 0 Å². The summed E-state index contributed by atoms with van der Waals surface area (Å²) in [5.41, 5.74) is -0.677. The normalized spacial score (nSPS) is 20.5. The highest BCUT2D eigenvalue weighted by Crippen LogP contribution is 2.32. The molecule has 2 fully saturated rings. The van der Waals surface area contributed by atoms with E-state index in [1.807, 2.05) is 0 Å². The predicted octanol–water partition coefficient (Wildman–Crippen LogP) is 3.36. The van der Waals surface area contributed by atoms with Crippen LogP contribution in [-0.4, -0.2) is 35.5 Å². The topological polar surface area (TPSA) is 58.6 Å². The summed E-state index contributed by atoms with van der Waals surface area (Å²) in [6.07, 6.45) is 5.70. The van der Waals surface area contributed by atoms with Crippen LogP contribution in [0.3, 0.4) is 0 Å². The molecule has 0 aromatic heterocycles. The van der Waals surface area contributed by atoms with E-state index in [1.54, 1.807) is 24.3 Å². The Hall–Kier alpha value is -1.75. The zero-order valence-electron chi connectivity index (χ0n) is 13.0. The Labute approximate surface area is 140 Å². The molecular weight excluding hydrogens is 316 g/mol. The second kappa shape index (κ2) is 6.79. The van der Waals surface area contributed by atoms with Crippen LogP contribution in [-0.2, 0) is 4.79 Å². The van der Waals surface area contributed by atoms with Gasteiger partial charge in [0, 0.05) is 5.02 Å². The standard InChI is InChI=1S/C17H21ClN2O3/c18-13-6-5-7-14(12-13)23-11-10-20-15(21)17(19-16(20)22)8-3-1-2-4-9-17/h5-7,12H,1-4,8-11H2,(H,19,22). The first-order valence-electron chi connectivity index (χ1n) is 8.13. The Balaban J connectivity index is 1.59. The number of carbonyl (C=O) groups is 2. The van der Waals surface area contributed by atoms with Gasteiger partial charge in [-0.3, -0.25) is 9.69 Å². The molecular formula is C17H21ClN2O3. The molecule has 1 N–H and O–H groups in total. The summed E-state index contributed by atoms with van der Waals surface area (Å²) in [6, 6.07) is 6.77. The Morgan fingerprint density at radius 1 is 1.17 bits per heavy atom. The van der Waals surface area contributed by atoms with Crippen LogP contribution >= 0.6 is 11.6 Å². The minimum absolute atomic E-state index is 0.0981. The fraction of sp³-hybridized carbons (Fsp3) is 0.529. The molecule has 6 heteroatoms. The van der Waals surface area contributed by atoms with E-state index in [-0.39, 0.29) is 25.1 Å².